The summed E-state index contributed by atoms with van der Waals surface area (Å²) in [7, 11) is 3.85. The van der Waals surface area contributed by atoms with E-state index in [4.69, 9.17) is 0 Å². The van der Waals surface area contributed by atoms with Crippen LogP contribution in [-0.4, -0.2) is 36.8 Å². The van der Waals surface area contributed by atoms with Gasteiger partial charge in [0.1, 0.15) is 5.76 Å². The number of rotatable bonds is 5. The van der Waals surface area contributed by atoms with Crippen molar-refractivity contribution < 1.29 is 19.5 Å². The number of anilines is 3. The van der Waals surface area contributed by atoms with Crippen molar-refractivity contribution in [1.29, 1.82) is 0 Å². The fourth-order valence-electron chi connectivity index (χ4n) is 4.44. The third kappa shape index (κ3) is 4.60. The topological polar surface area (TPSA) is 90.0 Å². The van der Waals surface area contributed by atoms with Crippen LogP contribution in [-0.2, 0) is 14.4 Å². The quantitative estimate of drug-likeness (QED) is 0.304. The first-order valence-electron chi connectivity index (χ1n) is 11.6. The van der Waals surface area contributed by atoms with Gasteiger partial charge in [-0.1, -0.05) is 35.9 Å². The number of hydrogen-bond acceptors (Lipinski definition) is 5. The van der Waals surface area contributed by atoms with Gasteiger partial charge in [-0.25, -0.2) is 0 Å². The zero-order valence-electron chi connectivity index (χ0n) is 21.0. The van der Waals surface area contributed by atoms with Crippen molar-refractivity contribution in [2.75, 3.05) is 29.2 Å². The number of Topliss-reactive ketones (excluding diaryl/α,β-unsaturated/α-hetero) is 1. The summed E-state index contributed by atoms with van der Waals surface area (Å²) < 4.78 is 0. The molecule has 0 aliphatic carbocycles. The lowest BCUT2D eigenvalue weighted by Crippen LogP contribution is -2.29. The smallest absolute Gasteiger partial charge is 0.300 e. The molecule has 1 aliphatic rings. The minimum absolute atomic E-state index is 0.0243. The number of aliphatic hydroxyl groups is 1. The number of ketones is 1. The van der Waals surface area contributed by atoms with Gasteiger partial charge in [0.15, 0.2) is 0 Å². The van der Waals surface area contributed by atoms with Gasteiger partial charge in [0.2, 0.25) is 5.91 Å². The molecule has 1 unspecified atom stereocenters. The number of aryl methyl sites for hydroxylation is 2. The average Bonchev–Trinajstić information content (AvgIpc) is 3.10. The van der Waals surface area contributed by atoms with Crippen LogP contribution in [0.15, 0.2) is 72.3 Å². The zero-order chi connectivity index (χ0) is 26.1. The molecule has 4 rings (SSSR count). The molecule has 2 amide bonds. The second kappa shape index (κ2) is 9.70. The van der Waals surface area contributed by atoms with Crippen molar-refractivity contribution in [3.05, 3.63) is 94.6 Å². The van der Waals surface area contributed by atoms with E-state index in [0.717, 1.165) is 16.8 Å². The van der Waals surface area contributed by atoms with Crippen LogP contribution in [0.4, 0.5) is 17.1 Å². The van der Waals surface area contributed by atoms with Crippen LogP contribution in [0.25, 0.3) is 5.76 Å². The fraction of sp³-hybridized carbons (Fsp3) is 0.207. The van der Waals surface area contributed by atoms with Crippen molar-refractivity contribution in [2.45, 2.75) is 26.8 Å². The molecule has 1 atom stereocenters. The van der Waals surface area contributed by atoms with E-state index in [-0.39, 0.29) is 17.2 Å². The van der Waals surface area contributed by atoms with Gasteiger partial charge >= 0.3 is 0 Å². The molecular weight excluding hydrogens is 454 g/mol. The number of benzene rings is 3. The van der Waals surface area contributed by atoms with Crippen molar-refractivity contribution in [2.24, 2.45) is 0 Å². The Morgan fingerprint density at radius 1 is 0.972 bits per heavy atom. The molecule has 0 aromatic heterocycles. The molecule has 0 spiro atoms. The van der Waals surface area contributed by atoms with Gasteiger partial charge in [-0.3, -0.25) is 19.3 Å². The van der Waals surface area contributed by atoms with Crippen molar-refractivity contribution in [3.63, 3.8) is 0 Å². The van der Waals surface area contributed by atoms with Crippen LogP contribution in [0.3, 0.4) is 0 Å². The van der Waals surface area contributed by atoms with Gasteiger partial charge in [0, 0.05) is 43.6 Å². The normalized spacial score (nSPS) is 16.8. The van der Waals surface area contributed by atoms with E-state index in [0.29, 0.717) is 22.5 Å². The summed E-state index contributed by atoms with van der Waals surface area (Å²) >= 11 is 0. The Morgan fingerprint density at radius 2 is 1.67 bits per heavy atom. The Bertz CT molecular complexity index is 1390. The lowest BCUT2D eigenvalue weighted by Gasteiger charge is -2.26. The third-order valence-corrected chi connectivity index (χ3v) is 6.26. The minimum Gasteiger partial charge on any atom is -0.507 e. The highest BCUT2D eigenvalue weighted by Crippen LogP contribution is 2.43. The average molecular weight is 484 g/mol. The number of aliphatic hydroxyl groups excluding tert-OH is 1. The van der Waals surface area contributed by atoms with Gasteiger partial charge < -0.3 is 15.3 Å². The Labute approximate surface area is 210 Å². The molecule has 1 aliphatic heterocycles. The highest BCUT2D eigenvalue weighted by Gasteiger charge is 2.47. The summed E-state index contributed by atoms with van der Waals surface area (Å²) in [5, 5.41) is 14.2. The number of carbonyl (C=O) groups excluding carboxylic acids is 3. The second-order valence-electron chi connectivity index (χ2n) is 9.20. The molecule has 7 nitrogen and oxygen atoms in total. The number of amides is 2. The molecule has 1 saturated heterocycles. The molecule has 7 heteroatoms. The Hall–Kier alpha value is -4.39. The predicted octanol–water partition coefficient (Wildman–Crippen LogP) is 4.95. The Morgan fingerprint density at radius 3 is 2.31 bits per heavy atom. The monoisotopic (exact) mass is 483 g/mol. The number of nitrogens with zero attached hydrogens (tertiary/aromatic N) is 2. The first-order valence-corrected chi connectivity index (χ1v) is 11.6. The molecule has 2 N–H and O–H groups in total. The molecule has 0 saturated carbocycles. The summed E-state index contributed by atoms with van der Waals surface area (Å²) in [6.07, 6.45) is 0. The first kappa shape index (κ1) is 24.7. The van der Waals surface area contributed by atoms with E-state index in [1.54, 1.807) is 24.3 Å². The summed E-state index contributed by atoms with van der Waals surface area (Å²) in [5.74, 6) is -1.97. The molecule has 0 radical (unpaired) electrons. The summed E-state index contributed by atoms with van der Waals surface area (Å²) in [6.45, 7) is 5.15. The SMILES string of the molecule is CC(=O)Nc1cccc(N2C(=O)C(=O)/C(=C(/O)c3cc(C)ccc3C)C2c2ccc(N(C)C)cc2)c1. The molecular formula is C29H29N3O4. The second-order valence-corrected chi connectivity index (χ2v) is 9.20. The Balaban J connectivity index is 1.94. The molecule has 36 heavy (non-hydrogen) atoms. The van der Waals surface area contributed by atoms with E-state index >= 15 is 0 Å². The molecule has 1 fully saturated rings. The highest BCUT2D eigenvalue weighted by atomic mass is 16.3. The van der Waals surface area contributed by atoms with Crippen molar-refractivity contribution >= 4 is 40.4 Å². The van der Waals surface area contributed by atoms with Gasteiger partial charge in [-0.15, -0.1) is 0 Å². The largest absolute Gasteiger partial charge is 0.507 e. The summed E-state index contributed by atoms with van der Waals surface area (Å²) in [5.41, 5.74) is 4.81. The maximum atomic E-state index is 13.4. The fourth-order valence-corrected chi connectivity index (χ4v) is 4.44. The van der Waals surface area contributed by atoms with Crippen LogP contribution >= 0.6 is 0 Å². The van der Waals surface area contributed by atoms with Gasteiger partial charge in [0.25, 0.3) is 11.7 Å². The van der Waals surface area contributed by atoms with E-state index < -0.39 is 17.7 Å². The molecule has 0 bridgehead atoms. The first-order chi connectivity index (χ1) is 17.1. The van der Waals surface area contributed by atoms with Gasteiger partial charge in [0.05, 0.1) is 11.6 Å². The van der Waals surface area contributed by atoms with Gasteiger partial charge in [-0.2, -0.15) is 0 Å². The summed E-state index contributed by atoms with van der Waals surface area (Å²) in [4.78, 5) is 41.8. The van der Waals surface area contributed by atoms with Crippen molar-refractivity contribution in [3.8, 4) is 0 Å². The van der Waals surface area contributed by atoms with E-state index in [2.05, 4.69) is 5.32 Å². The molecule has 1 heterocycles. The van der Waals surface area contributed by atoms with Crippen LogP contribution in [0.2, 0.25) is 0 Å². The number of nitrogens with one attached hydrogen (secondary N) is 1. The molecule has 3 aromatic rings. The van der Waals surface area contributed by atoms with Crippen LogP contribution in [0, 0.1) is 13.8 Å². The van der Waals surface area contributed by atoms with Crippen molar-refractivity contribution in [1.82, 2.24) is 0 Å². The predicted molar refractivity (Wildman–Crippen MR) is 142 cm³/mol. The molecule has 184 valence electrons. The zero-order valence-corrected chi connectivity index (χ0v) is 21.0. The lowest BCUT2D eigenvalue weighted by atomic mass is 9.93. The van der Waals surface area contributed by atoms with E-state index in [9.17, 15) is 19.5 Å². The number of hydrogen-bond donors (Lipinski definition) is 2. The van der Waals surface area contributed by atoms with Crippen LogP contribution < -0.4 is 15.1 Å². The Kier molecular flexibility index (Phi) is 6.66. The maximum Gasteiger partial charge on any atom is 0.300 e. The van der Waals surface area contributed by atoms with E-state index in [1.807, 2.05) is 75.3 Å². The minimum atomic E-state index is -0.853. The van der Waals surface area contributed by atoms with Gasteiger partial charge in [-0.05, 0) is 61.4 Å². The van der Waals surface area contributed by atoms with E-state index in [1.165, 1.54) is 11.8 Å². The third-order valence-electron chi connectivity index (χ3n) is 6.26. The molecule has 3 aromatic carbocycles. The van der Waals surface area contributed by atoms with Crippen LogP contribution in [0.5, 0.6) is 0 Å². The van der Waals surface area contributed by atoms with Crippen LogP contribution in [0.1, 0.15) is 35.2 Å². The lowest BCUT2D eigenvalue weighted by molar-refractivity contribution is -0.132. The summed E-state index contributed by atoms with van der Waals surface area (Å²) in [6, 6.07) is 19.0. The number of carbonyl (C=O) groups is 3. The highest BCUT2D eigenvalue weighted by molar-refractivity contribution is 6.51. The maximum absolute atomic E-state index is 13.4. The standard InChI is InChI=1S/C29H29N3O4/c1-17-9-10-18(2)24(15-17)27(34)25-26(20-11-13-22(14-12-20)31(4)5)32(29(36)28(25)35)23-8-6-7-21(16-23)30-19(3)33/h6-16,26,34H,1-5H3,(H,30,33)/b27-25+.